The minimum Gasteiger partial charge on any atom is -0.298 e. The van der Waals surface area contributed by atoms with E-state index >= 15 is 0 Å². The zero-order chi connectivity index (χ0) is 17.9. The summed E-state index contributed by atoms with van der Waals surface area (Å²) in [5.74, 6) is -0.421. The average Bonchev–Trinajstić information content (AvgIpc) is 3.10. The topological polar surface area (TPSA) is 88.2 Å². The van der Waals surface area contributed by atoms with Gasteiger partial charge in [0.15, 0.2) is 5.13 Å². The maximum atomic E-state index is 12.5. The van der Waals surface area contributed by atoms with Gasteiger partial charge < -0.3 is 0 Å². The molecule has 1 heterocycles. The number of hydrogen-bond donors (Lipinski definition) is 2. The number of amides is 1. The van der Waals surface area contributed by atoms with E-state index in [1.54, 1.807) is 41.9 Å². The number of hydrogen-bond acceptors (Lipinski definition) is 5. The van der Waals surface area contributed by atoms with Crippen molar-refractivity contribution in [3.63, 3.8) is 0 Å². The first-order valence-electron chi connectivity index (χ1n) is 7.03. The summed E-state index contributed by atoms with van der Waals surface area (Å²) in [6.45, 7) is 0. The number of aromatic nitrogens is 1. The average molecular weight is 438 g/mol. The molecule has 1 aromatic heterocycles. The molecule has 0 aliphatic rings. The standard InChI is InChI=1S/C16H12BrN3O3S2/c17-12-4-6-13(7-5-12)20-25(22,23)14-3-1-2-11(10-14)15(21)19-16-18-8-9-24-16/h1-10,20H,(H,18,19,21). The predicted molar refractivity (Wildman–Crippen MR) is 101 cm³/mol. The van der Waals surface area contributed by atoms with Gasteiger partial charge in [-0.15, -0.1) is 11.3 Å². The maximum Gasteiger partial charge on any atom is 0.261 e. The summed E-state index contributed by atoms with van der Waals surface area (Å²) in [6.07, 6.45) is 1.57. The molecular weight excluding hydrogens is 426 g/mol. The summed E-state index contributed by atoms with van der Waals surface area (Å²) in [6, 6.07) is 12.6. The molecule has 0 bridgehead atoms. The number of rotatable bonds is 5. The molecule has 0 saturated carbocycles. The molecule has 9 heteroatoms. The number of carbonyl (C=O) groups is 1. The van der Waals surface area contributed by atoms with Crippen molar-refractivity contribution < 1.29 is 13.2 Å². The van der Waals surface area contributed by atoms with Crippen molar-refractivity contribution in [3.8, 4) is 0 Å². The van der Waals surface area contributed by atoms with Crippen molar-refractivity contribution in [1.29, 1.82) is 0 Å². The van der Waals surface area contributed by atoms with E-state index in [0.717, 1.165) is 4.47 Å². The molecule has 1 amide bonds. The SMILES string of the molecule is O=C(Nc1nccs1)c1cccc(S(=O)(=O)Nc2ccc(Br)cc2)c1. The van der Waals surface area contributed by atoms with Gasteiger partial charge in [-0.25, -0.2) is 13.4 Å². The van der Waals surface area contributed by atoms with Gasteiger partial charge in [-0.1, -0.05) is 22.0 Å². The van der Waals surface area contributed by atoms with Crippen molar-refractivity contribution in [2.45, 2.75) is 4.90 Å². The summed E-state index contributed by atoms with van der Waals surface area (Å²) in [4.78, 5) is 16.2. The maximum absolute atomic E-state index is 12.5. The van der Waals surface area contributed by atoms with E-state index in [-0.39, 0.29) is 10.5 Å². The summed E-state index contributed by atoms with van der Waals surface area (Å²) >= 11 is 4.57. The lowest BCUT2D eigenvalue weighted by Crippen LogP contribution is -2.15. The van der Waals surface area contributed by atoms with Gasteiger partial charge in [0, 0.05) is 27.3 Å². The van der Waals surface area contributed by atoms with E-state index < -0.39 is 15.9 Å². The van der Waals surface area contributed by atoms with E-state index in [1.807, 2.05) is 0 Å². The van der Waals surface area contributed by atoms with E-state index in [2.05, 4.69) is 31.0 Å². The Morgan fingerprint density at radius 1 is 1.12 bits per heavy atom. The molecule has 3 rings (SSSR count). The van der Waals surface area contributed by atoms with Crippen LogP contribution in [0.15, 0.2) is 69.5 Å². The van der Waals surface area contributed by atoms with Crippen molar-refractivity contribution in [2.24, 2.45) is 0 Å². The normalized spacial score (nSPS) is 11.1. The number of benzene rings is 2. The van der Waals surface area contributed by atoms with Crippen LogP contribution in [0.1, 0.15) is 10.4 Å². The molecular formula is C16H12BrN3O3S2. The van der Waals surface area contributed by atoms with Crippen molar-refractivity contribution in [2.75, 3.05) is 10.0 Å². The number of thiazole rings is 1. The van der Waals surface area contributed by atoms with E-state index in [0.29, 0.717) is 10.8 Å². The highest BCUT2D eigenvalue weighted by Gasteiger charge is 2.17. The van der Waals surface area contributed by atoms with Crippen molar-refractivity contribution >= 4 is 54.0 Å². The second-order valence-electron chi connectivity index (χ2n) is 4.93. The monoisotopic (exact) mass is 437 g/mol. The van der Waals surface area contributed by atoms with Crippen LogP contribution in [-0.2, 0) is 10.0 Å². The number of carbonyl (C=O) groups excluding carboxylic acids is 1. The third-order valence-electron chi connectivity index (χ3n) is 3.16. The quantitative estimate of drug-likeness (QED) is 0.631. The molecule has 0 unspecified atom stereocenters. The summed E-state index contributed by atoms with van der Waals surface area (Å²) in [7, 11) is -3.80. The fourth-order valence-electron chi connectivity index (χ4n) is 1.99. The van der Waals surface area contributed by atoms with Gasteiger partial charge in [-0.2, -0.15) is 0 Å². The first kappa shape index (κ1) is 17.6. The second kappa shape index (κ2) is 7.34. The molecule has 2 aromatic carbocycles. The molecule has 0 atom stereocenters. The first-order chi connectivity index (χ1) is 11.9. The van der Waals surface area contributed by atoms with Gasteiger partial charge in [-0.3, -0.25) is 14.8 Å². The van der Waals surface area contributed by atoms with Crippen LogP contribution in [0.4, 0.5) is 10.8 Å². The zero-order valence-electron chi connectivity index (χ0n) is 12.6. The van der Waals surface area contributed by atoms with Crippen molar-refractivity contribution in [1.82, 2.24) is 4.98 Å². The van der Waals surface area contributed by atoms with Crippen LogP contribution in [0.25, 0.3) is 0 Å². The molecule has 2 N–H and O–H groups in total. The molecule has 128 valence electrons. The molecule has 6 nitrogen and oxygen atoms in total. The number of halogens is 1. The van der Waals surface area contributed by atoms with E-state index in [1.165, 1.54) is 29.5 Å². The first-order valence-corrected chi connectivity index (χ1v) is 10.2. The highest BCUT2D eigenvalue weighted by Crippen LogP contribution is 2.20. The summed E-state index contributed by atoms with van der Waals surface area (Å²) in [5.41, 5.74) is 0.662. The van der Waals surface area contributed by atoms with Gasteiger partial charge in [0.2, 0.25) is 0 Å². The largest absolute Gasteiger partial charge is 0.298 e. The van der Waals surface area contributed by atoms with E-state index in [4.69, 9.17) is 0 Å². The number of anilines is 2. The van der Waals surface area contributed by atoms with Crippen LogP contribution in [0.3, 0.4) is 0 Å². The molecule has 0 spiro atoms. The van der Waals surface area contributed by atoms with Gasteiger partial charge in [0.05, 0.1) is 4.90 Å². The highest BCUT2D eigenvalue weighted by molar-refractivity contribution is 9.10. The number of sulfonamides is 1. The Balaban J connectivity index is 1.82. The van der Waals surface area contributed by atoms with Crippen LogP contribution in [0, 0.1) is 0 Å². The molecule has 3 aromatic rings. The summed E-state index contributed by atoms with van der Waals surface area (Å²) < 4.78 is 28.4. The van der Waals surface area contributed by atoms with E-state index in [9.17, 15) is 13.2 Å². The Hall–Kier alpha value is -2.23. The third-order valence-corrected chi connectivity index (χ3v) is 5.75. The van der Waals surface area contributed by atoms with Crippen LogP contribution in [0.2, 0.25) is 0 Å². The fourth-order valence-corrected chi connectivity index (χ4v) is 3.88. The predicted octanol–water partition coefficient (Wildman–Crippen LogP) is 3.96. The lowest BCUT2D eigenvalue weighted by atomic mass is 10.2. The molecule has 0 radical (unpaired) electrons. The minimum absolute atomic E-state index is 0.00204. The molecule has 0 saturated heterocycles. The molecule has 0 aliphatic heterocycles. The zero-order valence-corrected chi connectivity index (χ0v) is 15.9. The van der Waals surface area contributed by atoms with Crippen LogP contribution in [0.5, 0.6) is 0 Å². The van der Waals surface area contributed by atoms with Crippen LogP contribution in [-0.4, -0.2) is 19.3 Å². The Labute approximate surface area is 157 Å². The number of nitrogens with zero attached hydrogens (tertiary/aromatic N) is 1. The Kier molecular flexibility index (Phi) is 5.16. The highest BCUT2D eigenvalue weighted by atomic mass is 79.9. The molecule has 0 aliphatic carbocycles. The summed E-state index contributed by atoms with van der Waals surface area (Å²) in [5, 5.41) is 4.81. The molecule has 25 heavy (non-hydrogen) atoms. The third kappa shape index (κ3) is 4.44. The fraction of sp³-hybridized carbons (Fsp3) is 0. The van der Waals surface area contributed by atoms with Gasteiger partial charge >= 0.3 is 0 Å². The Morgan fingerprint density at radius 3 is 2.56 bits per heavy atom. The van der Waals surface area contributed by atoms with Gasteiger partial charge in [0.25, 0.3) is 15.9 Å². The minimum atomic E-state index is -3.80. The lowest BCUT2D eigenvalue weighted by molar-refractivity contribution is 0.102. The Bertz CT molecular complexity index is 988. The molecule has 0 fully saturated rings. The smallest absolute Gasteiger partial charge is 0.261 e. The van der Waals surface area contributed by atoms with Crippen LogP contribution >= 0.6 is 27.3 Å². The van der Waals surface area contributed by atoms with Gasteiger partial charge in [0.1, 0.15) is 0 Å². The lowest BCUT2D eigenvalue weighted by Gasteiger charge is -2.09. The second-order valence-corrected chi connectivity index (χ2v) is 8.42. The van der Waals surface area contributed by atoms with Crippen LogP contribution < -0.4 is 10.0 Å². The van der Waals surface area contributed by atoms with Gasteiger partial charge in [-0.05, 0) is 42.5 Å². The van der Waals surface area contributed by atoms with Crippen molar-refractivity contribution in [3.05, 3.63) is 70.1 Å². The number of nitrogens with one attached hydrogen (secondary N) is 2. The Morgan fingerprint density at radius 2 is 1.88 bits per heavy atom.